The number of rotatable bonds is 5. The quantitative estimate of drug-likeness (QED) is 0.765. The number of ether oxygens (including phenoxy) is 2. The van der Waals surface area contributed by atoms with Crippen molar-refractivity contribution in [3.8, 4) is 22.8 Å². The minimum atomic E-state index is -0.0345. The molecule has 5 nitrogen and oxygen atoms in total. The van der Waals surface area contributed by atoms with E-state index in [1.165, 1.54) is 0 Å². The van der Waals surface area contributed by atoms with Crippen molar-refractivity contribution in [1.29, 1.82) is 0 Å². The van der Waals surface area contributed by atoms with Gasteiger partial charge in [0.05, 0.1) is 12.1 Å². The molecule has 0 atom stereocenters. The van der Waals surface area contributed by atoms with E-state index in [9.17, 15) is 4.79 Å². The second-order valence-electron chi connectivity index (χ2n) is 5.70. The van der Waals surface area contributed by atoms with Gasteiger partial charge in [0.2, 0.25) is 12.7 Å². The fourth-order valence-corrected chi connectivity index (χ4v) is 3.30. The molecule has 0 bridgehead atoms. The van der Waals surface area contributed by atoms with Crippen LogP contribution in [0.1, 0.15) is 11.1 Å². The molecule has 0 aliphatic carbocycles. The van der Waals surface area contributed by atoms with Crippen LogP contribution in [0.2, 0.25) is 0 Å². The van der Waals surface area contributed by atoms with Gasteiger partial charge in [-0.25, -0.2) is 0 Å². The van der Waals surface area contributed by atoms with Gasteiger partial charge in [-0.1, -0.05) is 6.07 Å². The predicted octanol–water partition coefficient (Wildman–Crippen LogP) is 3.40. The maximum Gasteiger partial charge on any atom is 0.231 e. The molecule has 1 aliphatic rings. The number of nitrogens with zero attached hydrogens (tertiary/aromatic N) is 1. The van der Waals surface area contributed by atoms with Crippen molar-refractivity contribution in [2.75, 3.05) is 6.79 Å². The summed E-state index contributed by atoms with van der Waals surface area (Å²) < 4.78 is 10.6. The molecule has 2 aromatic heterocycles. The van der Waals surface area contributed by atoms with Gasteiger partial charge in [0.1, 0.15) is 0 Å². The van der Waals surface area contributed by atoms with Crippen molar-refractivity contribution in [3.05, 3.63) is 64.5 Å². The largest absolute Gasteiger partial charge is 0.454 e. The van der Waals surface area contributed by atoms with Crippen LogP contribution in [0.5, 0.6) is 11.5 Å². The molecule has 1 N–H and O–H groups in total. The van der Waals surface area contributed by atoms with E-state index in [1.807, 2.05) is 41.8 Å². The molecule has 0 spiro atoms. The first-order valence-corrected chi connectivity index (χ1v) is 8.85. The maximum atomic E-state index is 12.2. The number of carbonyl (C=O) groups is 1. The van der Waals surface area contributed by atoms with E-state index in [0.29, 0.717) is 18.7 Å². The lowest BCUT2D eigenvalue weighted by Gasteiger charge is -2.07. The maximum absolute atomic E-state index is 12.2. The van der Waals surface area contributed by atoms with E-state index >= 15 is 0 Å². The van der Waals surface area contributed by atoms with Crippen molar-refractivity contribution in [1.82, 2.24) is 10.3 Å². The number of benzene rings is 1. The highest BCUT2D eigenvalue weighted by atomic mass is 32.1. The Balaban J connectivity index is 1.37. The number of aromatic nitrogens is 1. The van der Waals surface area contributed by atoms with Crippen LogP contribution in [0, 0.1) is 0 Å². The van der Waals surface area contributed by atoms with E-state index < -0.39 is 0 Å². The molecule has 3 aromatic rings. The van der Waals surface area contributed by atoms with Crippen LogP contribution < -0.4 is 14.8 Å². The van der Waals surface area contributed by atoms with Gasteiger partial charge in [0.25, 0.3) is 0 Å². The molecular formula is C19H16N2O3S. The van der Waals surface area contributed by atoms with E-state index in [2.05, 4.69) is 15.7 Å². The molecule has 1 amide bonds. The number of thiophene rings is 1. The third kappa shape index (κ3) is 3.64. The summed E-state index contributed by atoms with van der Waals surface area (Å²) in [5.41, 5.74) is 3.94. The summed E-state index contributed by atoms with van der Waals surface area (Å²) in [5, 5.41) is 7.04. The van der Waals surface area contributed by atoms with Gasteiger partial charge in [-0.3, -0.25) is 9.78 Å². The molecule has 0 radical (unpaired) electrons. The molecule has 0 fully saturated rings. The fourth-order valence-electron chi connectivity index (χ4n) is 2.65. The van der Waals surface area contributed by atoms with E-state index in [0.717, 1.165) is 28.1 Å². The minimum absolute atomic E-state index is 0.0345. The standard InChI is InChI=1S/C19H16N2O3S/c22-19(9-13-1-2-17-18(8-13)24-12-23-17)21-10-14-3-5-20-16(7-14)15-4-6-25-11-15/h1-8,11H,9-10,12H2,(H,21,22). The topological polar surface area (TPSA) is 60.5 Å². The summed E-state index contributed by atoms with van der Waals surface area (Å²) in [4.78, 5) is 16.6. The lowest BCUT2D eigenvalue weighted by atomic mass is 10.1. The molecular weight excluding hydrogens is 336 g/mol. The molecule has 1 aromatic carbocycles. The number of nitrogens with one attached hydrogen (secondary N) is 1. The Bertz CT molecular complexity index is 893. The summed E-state index contributed by atoms with van der Waals surface area (Å²) >= 11 is 1.64. The number of hydrogen-bond acceptors (Lipinski definition) is 5. The number of amides is 1. The first kappa shape index (κ1) is 15.7. The van der Waals surface area contributed by atoms with Gasteiger partial charge in [0, 0.05) is 23.7 Å². The molecule has 0 saturated carbocycles. The van der Waals surface area contributed by atoms with Crippen LogP contribution in [0.25, 0.3) is 11.3 Å². The predicted molar refractivity (Wildman–Crippen MR) is 95.7 cm³/mol. The fraction of sp³-hybridized carbons (Fsp3) is 0.158. The number of pyridine rings is 1. The average Bonchev–Trinajstić information content (AvgIpc) is 3.31. The van der Waals surface area contributed by atoms with Crippen molar-refractivity contribution in [2.24, 2.45) is 0 Å². The molecule has 0 unspecified atom stereocenters. The summed E-state index contributed by atoms with van der Waals surface area (Å²) in [6.45, 7) is 0.711. The van der Waals surface area contributed by atoms with Gasteiger partial charge in [-0.05, 0) is 46.8 Å². The molecule has 1 aliphatic heterocycles. The van der Waals surface area contributed by atoms with Crippen LogP contribution >= 0.6 is 11.3 Å². The SMILES string of the molecule is O=C(Cc1ccc2c(c1)OCO2)NCc1ccnc(-c2ccsc2)c1. The second-order valence-corrected chi connectivity index (χ2v) is 6.48. The van der Waals surface area contributed by atoms with Crippen LogP contribution in [0.15, 0.2) is 53.4 Å². The van der Waals surface area contributed by atoms with Crippen molar-refractivity contribution in [2.45, 2.75) is 13.0 Å². The van der Waals surface area contributed by atoms with E-state index in [1.54, 1.807) is 17.5 Å². The van der Waals surface area contributed by atoms with E-state index in [-0.39, 0.29) is 12.7 Å². The number of fused-ring (bicyclic) bond motifs is 1. The highest BCUT2D eigenvalue weighted by molar-refractivity contribution is 7.08. The Morgan fingerprint density at radius 1 is 1.12 bits per heavy atom. The Labute approximate surface area is 149 Å². The minimum Gasteiger partial charge on any atom is -0.454 e. The van der Waals surface area contributed by atoms with E-state index in [4.69, 9.17) is 9.47 Å². The smallest absolute Gasteiger partial charge is 0.231 e. The zero-order valence-corrected chi connectivity index (χ0v) is 14.2. The summed E-state index contributed by atoms with van der Waals surface area (Å²) in [5.74, 6) is 1.38. The second kappa shape index (κ2) is 6.94. The Morgan fingerprint density at radius 2 is 2.04 bits per heavy atom. The van der Waals surface area contributed by atoms with Gasteiger partial charge in [-0.2, -0.15) is 11.3 Å². The zero-order valence-electron chi connectivity index (χ0n) is 13.4. The zero-order chi connectivity index (χ0) is 17.1. The third-order valence-corrected chi connectivity index (χ3v) is 4.62. The summed E-state index contributed by atoms with van der Waals surface area (Å²) in [6, 6.07) is 11.5. The lowest BCUT2D eigenvalue weighted by molar-refractivity contribution is -0.120. The van der Waals surface area contributed by atoms with Crippen LogP contribution in [-0.2, 0) is 17.8 Å². The Kier molecular flexibility index (Phi) is 4.35. The third-order valence-electron chi connectivity index (χ3n) is 3.93. The van der Waals surface area contributed by atoms with Gasteiger partial charge >= 0.3 is 0 Å². The first-order chi connectivity index (χ1) is 12.3. The van der Waals surface area contributed by atoms with Crippen molar-refractivity contribution < 1.29 is 14.3 Å². The first-order valence-electron chi connectivity index (χ1n) is 7.91. The molecule has 4 rings (SSSR count). The summed E-state index contributed by atoms with van der Waals surface area (Å²) in [7, 11) is 0. The molecule has 126 valence electrons. The average molecular weight is 352 g/mol. The molecule has 0 saturated heterocycles. The highest BCUT2D eigenvalue weighted by Gasteiger charge is 2.14. The number of carbonyl (C=O) groups excluding carboxylic acids is 1. The number of hydrogen-bond donors (Lipinski definition) is 1. The normalized spacial score (nSPS) is 12.2. The van der Waals surface area contributed by atoms with Gasteiger partial charge < -0.3 is 14.8 Å². The Hall–Kier alpha value is -2.86. The molecule has 25 heavy (non-hydrogen) atoms. The molecule has 3 heterocycles. The lowest BCUT2D eigenvalue weighted by Crippen LogP contribution is -2.24. The van der Waals surface area contributed by atoms with Crippen molar-refractivity contribution in [3.63, 3.8) is 0 Å². The van der Waals surface area contributed by atoms with Crippen molar-refractivity contribution >= 4 is 17.2 Å². The van der Waals surface area contributed by atoms with Gasteiger partial charge in [-0.15, -0.1) is 0 Å². The Morgan fingerprint density at radius 3 is 2.92 bits per heavy atom. The highest BCUT2D eigenvalue weighted by Crippen LogP contribution is 2.32. The monoisotopic (exact) mass is 352 g/mol. The van der Waals surface area contributed by atoms with Crippen LogP contribution in [0.4, 0.5) is 0 Å². The molecule has 6 heteroatoms. The van der Waals surface area contributed by atoms with Crippen LogP contribution in [-0.4, -0.2) is 17.7 Å². The summed E-state index contributed by atoms with van der Waals surface area (Å²) in [6.07, 6.45) is 2.07. The van der Waals surface area contributed by atoms with Gasteiger partial charge in [0.15, 0.2) is 11.5 Å². The van der Waals surface area contributed by atoms with Crippen LogP contribution in [0.3, 0.4) is 0 Å².